The summed E-state index contributed by atoms with van der Waals surface area (Å²) in [6.45, 7) is 3.23. The molecule has 1 saturated heterocycles. The number of amides is 1. The Kier molecular flexibility index (Phi) is 4.42. The summed E-state index contributed by atoms with van der Waals surface area (Å²) < 4.78 is 2.16. The largest absolute Gasteiger partial charge is 0.356 e. The van der Waals surface area contributed by atoms with E-state index in [4.69, 9.17) is 0 Å². The van der Waals surface area contributed by atoms with E-state index in [1.807, 2.05) is 18.2 Å². The molecular formula is C17H21N5OS. The van der Waals surface area contributed by atoms with E-state index in [0.29, 0.717) is 6.54 Å². The Labute approximate surface area is 145 Å². The summed E-state index contributed by atoms with van der Waals surface area (Å²) in [7, 11) is 0. The SMILES string of the molecule is O=C(NCc1cn2c(n1)SCC2)[C@@H]1CCCN(c2ccccn2)C1. The fourth-order valence-electron chi connectivity index (χ4n) is 3.31. The number of piperidine rings is 1. The van der Waals surface area contributed by atoms with E-state index >= 15 is 0 Å². The van der Waals surface area contributed by atoms with Crippen LogP contribution in [-0.4, -0.2) is 39.3 Å². The lowest BCUT2D eigenvalue weighted by molar-refractivity contribution is -0.125. The molecule has 0 aromatic carbocycles. The number of aromatic nitrogens is 3. The first-order chi connectivity index (χ1) is 11.8. The van der Waals surface area contributed by atoms with Crippen LogP contribution >= 0.6 is 11.8 Å². The van der Waals surface area contributed by atoms with E-state index in [-0.39, 0.29) is 11.8 Å². The minimum absolute atomic E-state index is 0.0181. The molecule has 1 atom stereocenters. The second-order valence-electron chi connectivity index (χ2n) is 6.25. The Morgan fingerprint density at radius 2 is 2.33 bits per heavy atom. The predicted molar refractivity (Wildman–Crippen MR) is 94.0 cm³/mol. The number of carbonyl (C=O) groups is 1. The zero-order valence-corrected chi connectivity index (χ0v) is 14.3. The Bertz CT molecular complexity index is 696. The maximum absolute atomic E-state index is 12.5. The molecule has 0 spiro atoms. The van der Waals surface area contributed by atoms with Gasteiger partial charge in [-0.25, -0.2) is 9.97 Å². The Morgan fingerprint density at radius 3 is 3.17 bits per heavy atom. The third kappa shape index (κ3) is 3.26. The summed E-state index contributed by atoms with van der Waals surface area (Å²) in [6.07, 6.45) is 5.81. The van der Waals surface area contributed by atoms with Gasteiger partial charge in [-0.3, -0.25) is 4.79 Å². The smallest absolute Gasteiger partial charge is 0.225 e. The second-order valence-corrected chi connectivity index (χ2v) is 7.31. The number of nitrogens with zero attached hydrogens (tertiary/aromatic N) is 4. The van der Waals surface area contributed by atoms with Gasteiger partial charge in [-0.1, -0.05) is 17.8 Å². The van der Waals surface area contributed by atoms with Crippen molar-refractivity contribution in [3.05, 3.63) is 36.3 Å². The van der Waals surface area contributed by atoms with Crippen LogP contribution in [0.2, 0.25) is 0 Å². The van der Waals surface area contributed by atoms with E-state index in [9.17, 15) is 4.79 Å². The minimum Gasteiger partial charge on any atom is -0.356 e. The van der Waals surface area contributed by atoms with Gasteiger partial charge in [-0.2, -0.15) is 0 Å². The summed E-state index contributed by atoms with van der Waals surface area (Å²) >= 11 is 1.77. The number of imidazole rings is 1. The van der Waals surface area contributed by atoms with Crippen LogP contribution in [0, 0.1) is 5.92 Å². The first-order valence-electron chi connectivity index (χ1n) is 8.42. The second kappa shape index (κ2) is 6.84. The van der Waals surface area contributed by atoms with Crippen LogP contribution in [0.4, 0.5) is 5.82 Å². The van der Waals surface area contributed by atoms with Crippen molar-refractivity contribution < 1.29 is 4.79 Å². The number of nitrogens with one attached hydrogen (secondary N) is 1. The van der Waals surface area contributed by atoms with Crippen molar-refractivity contribution >= 4 is 23.5 Å². The van der Waals surface area contributed by atoms with E-state index < -0.39 is 0 Å². The Hall–Kier alpha value is -2.02. The quantitative estimate of drug-likeness (QED) is 0.919. The van der Waals surface area contributed by atoms with Crippen LogP contribution < -0.4 is 10.2 Å². The molecule has 2 aromatic rings. The lowest BCUT2D eigenvalue weighted by atomic mass is 9.97. The molecule has 6 nitrogen and oxygen atoms in total. The number of hydrogen-bond donors (Lipinski definition) is 1. The first kappa shape index (κ1) is 15.5. The highest BCUT2D eigenvalue weighted by molar-refractivity contribution is 7.99. The number of hydrogen-bond acceptors (Lipinski definition) is 5. The van der Waals surface area contributed by atoms with Crippen molar-refractivity contribution in [3.8, 4) is 0 Å². The van der Waals surface area contributed by atoms with Crippen LogP contribution in [0.3, 0.4) is 0 Å². The molecule has 2 aliphatic heterocycles. The molecule has 0 radical (unpaired) electrons. The number of anilines is 1. The highest BCUT2D eigenvalue weighted by Gasteiger charge is 2.26. The molecule has 2 aliphatic rings. The molecule has 4 rings (SSSR count). The van der Waals surface area contributed by atoms with Crippen molar-refractivity contribution in [1.29, 1.82) is 0 Å². The topological polar surface area (TPSA) is 63.1 Å². The Balaban J connectivity index is 1.33. The lowest BCUT2D eigenvalue weighted by Gasteiger charge is -2.32. The van der Waals surface area contributed by atoms with Gasteiger partial charge in [0.15, 0.2) is 5.16 Å². The molecule has 1 fully saturated rings. The molecule has 7 heteroatoms. The molecule has 126 valence electrons. The third-order valence-corrected chi connectivity index (χ3v) is 5.53. The van der Waals surface area contributed by atoms with Gasteiger partial charge in [0.1, 0.15) is 5.82 Å². The van der Waals surface area contributed by atoms with Gasteiger partial charge in [0, 0.05) is 37.8 Å². The number of fused-ring (bicyclic) bond motifs is 1. The normalized spacial score (nSPS) is 20.0. The summed E-state index contributed by atoms with van der Waals surface area (Å²) in [5.74, 6) is 2.19. The number of thioether (sulfide) groups is 1. The summed E-state index contributed by atoms with van der Waals surface area (Å²) in [5.41, 5.74) is 0.947. The molecule has 2 aromatic heterocycles. The third-order valence-electron chi connectivity index (χ3n) is 4.56. The number of pyridine rings is 1. The predicted octanol–water partition coefficient (Wildman–Crippen LogP) is 1.92. The monoisotopic (exact) mass is 343 g/mol. The molecular weight excluding hydrogens is 322 g/mol. The zero-order valence-electron chi connectivity index (χ0n) is 13.5. The molecule has 4 heterocycles. The Morgan fingerprint density at radius 1 is 1.38 bits per heavy atom. The van der Waals surface area contributed by atoms with E-state index in [0.717, 1.165) is 54.9 Å². The average molecular weight is 343 g/mol. The van der Waals surface area contributed by atoms with Crippen molar-refractivity contribution in [2.24, 2.45) is 5.92 Å². The molecule has 1 amide bonds. The van der Waals surface area contributed by atoms with E-state index in [2.05, 4.69) is 30.9 Å². The number of rotatable bonds is 4. The molecule has 0 unspecified atom stereocenters. The maximum Gasteiger partial charge on any atom is 0.225 e. The molecule has 0 aliphatic carbocycles. The highest BCUT2D eigenvalue weighted by atomic mass is 32.2. The van der Waals surface area contributed by atoms with Gasteiger partial charge in [-0.05, 0) is 25.0 Å². The van der Waals surface area contributed by atoms with Crippen LogP contribution in [0.25, 0.3) is 0 Å². The average Bonchev–Trinajstić information content (AvgIpc) is 3.22. The van der Waals surface area contributed by atoms with Gasteiger partial charge in [0.05, 0.1) is 18.2 Å². The molecule has 24 heavy (non-hydrogen) atoms. The highest BCUT2D eigenvalue weighted by Crippen LogP contribution is 2.25. The van der Waals surface area contributed by atoms with Gasteiger partial charge in [0.25, 0.3) is 0 Å². The van der Waals surface area contributed by atoms with Crippen molar-refractivity contribution in [1.82, 2.24) is 19.9 Å². The molecule has 1 N–H and O–H groups in total. The van der Waals surface area contributed by atoms with Crippen molar-refractivity contribution in [2.75, 3.05) is 23.7 Å². The number of carbonyl (C=O) groups excluding carboxylic acids is 1. The van der Waals surface area contributed by atoms with E-state index in [1.54, 1.807) is 18.0 Å². The summed E-state index contributed by atoms with van der Waals surface area (Å²) in [6, 6.07) is 5.91. The lowest BCUT2D eigenvalue weighted by Crippen LogP contribution is -2.43. The summed E-state index contributed by atoms with van der Waals surface area (Å²) in [5, 5.41) is 4.13. The van der Waals surface area contributed by atoms with Crippen LogP contribution in [0.5, 0.6) is 0 Å². The first-order valence-corrected chi connectivity index (χ1v) is 9.41. The van der Waals surface area contributed by atoms with Gasteiger partial charge >= 0.3 is 0 Å². The fourth-order valence-corrected chi connectivity index (χ4v) is 4.27. The molecule has 0 bridgehead atoms. The standard InChI is InChI=1S/C17H21N5OS/c23-16(19-10-14-12-22-8-9-24-17(22)20-14)13-4-3-7-21(11-13)15-5-1-2-6-18-15/h1-2,5-6,12-13H,3-4,7-11H2,(H,19,23)/t13-/m1/s1. The van der Waals surface area contributed by atoms with Gasteiger partial charge in [0.2, 0.25) is 5.91 Å². The van der Waals surface area contributed by atoms with Crippen molar-refractivity contribution in [2.45, 2.75) is 31.1 Å². The maximum atomic E-state index is 12.5. The van der Waals surface area contributed by atoms with Crippen LogP contribution in [0.1, 0.15) is 18.5 Å². The van der Waals surface area contributed by atoms with Crippen molar-refractivity contribution in [3.63, 3.8) is 0 Å². The molecule has 0 saturated carbocycles. The minimum atomic E-state index is 0.0181. The van der Waals surface area contributed by atoms with E-state index in [1.165, 1.54) is 0 Å². The van der Waals surface area contributed by atoms with Gasteiger partial charge < -0.3 is 14.8 Å². The fraction of sp³-hybridized carbons (Fsp3) is 0.471. The zero-order chi connectivity index (χ0) is 16.4. The summed E-state index contributed by atoms with van der Waals surface area (Å²) in [4.78, 5) is 23.7. The van der Waals surface area contributed by atoms with Crippen LogP contribution in [0.15, 0.2) is 35.7 Å². The number of aryl methyl sites for hydroxylation is 1. The van der Waals surface area contributed by atoms with Crippen LogP contribution in [-0.2, 0) is 17.9 Å². The van der Waals surface area contributed by atoms with Gasteiger partial charge in [-0.15, -0.1) is 0 Å².